The number of allylic oxidation sites excluding steroid dienone is 1. The molecule has 0 rings (SSSR count). The molecule has 3 N–H and O–H groups in total. The molecule has 0 saturated heterocycles. The van der Waals surface area contributed by atoms with Gasteiger partial charge in [-0.05, 0) is 30.9 Å². The molecular formula is C9H16N2OS2. The third-order valence-corrected chi connectivity index (χ3v) is 3.51. The van der Waals surface area contributed by atoms with Gasteiger partial charge in [0.25, 0.3) is 0 Å². The summed E-state index contributed by atoms with van der Waals surface area (Å²) in [5, 5.41) is 20.3. The Morgan fingerprint density at radius 1 is 1.64 bits per heavy atom. The predicted molar refractivity (Wildman–Crippen MR) is 66.5 cm³/mol. The van der Waals surface area contributed by atoms with Gasteiger partial charge in [-0.3, -0.25) is 0 Å². The molecule has 14 heavy (non-hydrogen) atoms. The van der Waals surface area contributed by atoms with E-state index in [4.69, 9.17) is 11.0 Å². The largest absolute Gasteiger partial charge is 0.401 e. The molecule has 0 spiro atoms. The van der Waals surface area contributed by atoms with E-state index < -0.39 is 0 Å². The van der Waals surface area contributed by atoms with E-state index in [0.29, 0.717) is 10.6 Å². The Bertz CT molecular complexity index is 275. The van der Waals surface area contributed by atoms with Gasteiger partial charge in [0.15, 0.2) is 0 Å². The zero-order valence-electron chi connectivity index (χ0n) is 8.45. The van der Waals surface area contributed by atoms with E-state index in [2.05, 4.69) is 6.92 Å². The molecule has 80 valence electrons. The van der Waals surface area contributed by atoms with E-state index >= 15 is 0 Å². The SMILES string of the molecule is CCCC/[SH]=C(O)\C(SC#N)=C(\C)N. The molecule has 0 atom stereocenters. The van der Waals surface area contributed by atoms with Gasteiger partial charge in [-0.15, -0.1) is 0 Å². The number of nitrogens with two attached hydrogens (primary N) is 1. The molecule has 0 aliphatic heterocycles. The number of nitriles is 1. The third kappa shape index (κ3) is 5.32. The first-order chi connectivity index (χ1) is 6.63. The van der Waals surface area contributed by atoms with Crippen LogP contribution in [0.4, 0.5) is 0 Å². The van der Waals surface area contributed by atoms with E-state index in [0.717, 1.165) is 41.7 Å². The first kappa shape index (κ1) is 13.6. The predicted octanol–water partition coefficient (Wildman–Crippen LogP) is 2.34. The molecule has 0 aliphatic rings. The van der Waals surface area contributed by atoms with Crippen molar-refractivity contribution in [1.82, 2.24) is 0 Å². The number of thiocyanates is 1. The van der Waals surface area contributed by atoms with Gasteiger partial charge in [-0.1, -0.05) is 13.3 Å². The summed E-state index contributed by atoms with van der Waals surface area (Å²) < 4.78 is 0. The maximum atomic E-state index is 9.63. The first-order valence-corrected chi connectivity index (χ1v) is 6.29. The number of unbranched alkanes of at least 4 members (excludes halogenated alkanes) is 1. The summed E-state index contributed by atoms with van der Waals surface area (Å²) >= 11 is 1.77. The Hall–Kier alpha value is -0.440. The smallest absolute Gasteiger partial charge is 0.138 e. The van der Waals surface area contributed by atoms with Gasteiger partial charge in [0.1, 0.15) is 10.5 Å². The van der Waals surface area contributed by atoms with Crippen LogP contribution in [0, 0.1) is 10.7 Å². The second-order valence-corrected chi connectivity index (χ2v) is 4.75. The lowest BCUT2D eigenvalue weighted by Gasteiger charge is -2.03. The van der Waals surface area contributed by atoms with Gasteiger partial charge in [0.05, 0.1) is 4.91 Å². The second-order valence-electron chi connectivity index (χ2n) is 2.76. The van der Waals surface area contributed by atoms with Crippen molar-refractivity contribution >= 4 is 28.2 Å². The van der Waals surface area contributed by atoms with Crippen LogP contribution in [-0.4, -0.2) is 15.9 Å². The fourth-order valence-corrected chi connectivity index (χ4v) is 2.44. The summed E-state index contributed by atoms with van der Waals surface area (Å²) in [5.41, 5.74) is 6.05. The Labute approximate surface area is 92.9 Å². The summed E-state index contributed by atoms with van der Waals surface area (Å²) in [6.45, 7) is 3.78. The van der Waals surface area contributed by atoms with Crippen LogP contribution in [-0.2, 0) is 0 Å². The molecule has 0 aromatic rings. The fraction of sp³-hybridized carbons (Fsp3) is 0.556. The lowest BCUT2D eigenvalue weighted by atomic mass is 10.4. The number of nitrogens with zero attached hydrogens (tertiary/aromatic N) is 1. The van der Waals surface area contributed by atoms with Crippen LogP contribution in [0.1, 0.15) is 26.7 Å². The summed E-state index contributed by atoms with van der Waals surface area (Å²) in [6, 6.07) is 0. The quantitative estimate of drug-likeness (QED) is 0.224. The van der Waals surface area contributed by atoms with E-state index in [1.54, 1.807) is 6.92 Å². The van der Waals surface area contributed by atoms with Crippen LogP contribution < -0.4 is 5.73 Å². The lowest BCUT2D eigenvalue weighted by Crippen LogP contribution is -2.04. The molecule has 0 saturated carbocycles. The van der Waals surface area contributed by atoms with E-state index in [1.165, 1.54) is 0 Å². The monoisotopic (exact) mass is 232 g/mol. The minimum absolute atomic E-state index is 0.213. The standard InChI is InChI=1S/C9H16N2OS2/c1-3-4-5-13-9(12)8(7(2)11)14-6-10/h12-13H,3-5,11H2,1-2H3/b8-7+. The maximum absolute atomic E-state index is 9.63. The van der Waals surface area contributed by atoms with Crippen molar-refractivity contribution in [2.45, 2.75) is 26.7 Å². The molecule has 5 heteroatoms. The van der Waals surface area contributed by atoms with Crippen LogP contribution in [0.2, 0.25) is 0 Å². The topological polar surface area (TPSA) is 70.0 Å². The van der Waals surface area contributed by atoms with Crippen LogP contribution in [0.25, 0.3) is 0 Å². The molecule has 0 fully saturated rings. The van der Waals surface area contributed by atoms with Gasteiger partial charge in [-0.2, -0.15) is 16.6 Å². The molecule has 0 bridgehead atoms. The van der Waals surface area contributed by atoms with Crippen molar-refractivity contribution in [1.29, 1.82) is 5.26 Å². The number of aliphatic hydroxyl groups is 1. The molecule has 0 aromatic carbocycles. The van der Waals surface area contributed by atoms with Crippen molar-refractivity contribution in [2.75, 3.05) is 5.75 Å². The normalized spacial score (nSPS) is 14.0. The molecule has 0 heterocycles. The first-order valence-electron chi connectivity index (χ1n) is 4.39. The van der Waals surface area contributed by atoms with Crippen LogP contribution >= 0.6 is 23.1 Å². The van der Waals surface area contributed by atoms with Gasteiger partial charge >= 0.3 is 0 Å². The van der Waals surface area contributed by atoms with Crippen LogP contribution in [0.5, 0.6) is 0 Å². The highest BCUT2D eigenvalue weighted by Gasteiger charge is 2.05. The van der Waals surface area contributed by atoms with Crippen LogP contribution in [0.15, 0.2) is 10.6 Å². The van der Waals surface area contributed by atoms with Gasteiger partial charge in [0, 0.05) is 5.70 Å². The lowest BCUT2D eigenvalue weighted by molar-refractivity contribution is 0.571. The fourth-order valence-electron chi connectivity index (χ4n) is 0.763. The van der Waals surface area contributed by atoms with Crippen LogP contribution in [0.3, 0.4) is 0 Å². The minimum atomic E-state index is 0.213. The molecular weight excluding hydrogens is 216 g/mol. The highest BCUT2D eigenvalue weighted by atomic mass is 32.2. The van der Waals surface area contributed by atoms with Crippen molar-refractivity contribution < 1.29 is 5.11 Å². The number of hydrogen-bond donors (Lipinski definition) is 3. The highest BCUT2D eigenvalue weighted by molar-refractivity contribution is 8.10. The maximum Gasteiger partial charge on any atom is 0.138 e. The second kappa shape index (κ2) is 7.92. The van der Waals surface area contributed by atoms with Gasteiger partial charge in [-0.25, -0.2) is 0 Å². The molecule has 0 aromatic heterocycles. The van der Waals surface area contributed by atoms with E-state index in [9.17, 15) is 5.11 Å². The zero-order valence-corrected chi connectivity index (χ0v) is 10.2. The van der Waals surface area contributed by atoms with E-state index in [1.807, 2.05) is 5.40 Å². The molecule has 0 amide bonds. The molecule has 3 nitrogen and oxygen atoms in total. The minimum Gasteiger partial charge on any atom is -0.401 e. The molecule has 0 aliphatic carbocycles. The Morgan fingerprint density at radius 3 is 2.71 bits per heavy atom. The molecule has 0 unspecified atom stereocenters. The number of hydrogen-bond acceptors (Lipinski definition) is 3. The summed E-state index contributed by atoms with van der Waals surface area (Å²) in [7, 11) is 0. The number of thioether (sulfide) groups is 1. The Morgan fingerprint density at radius 2 is 2.29 bits per heavy atom. The average molecular weight is 232 g/mol. The van der Waals surface area contributed by atoms with Gasteiger partial charge < -0.3 is 10.8 Å². The van der Waals surface area contributed by atoms with Crippen molar-refractivity contribution in [3.8, 4) is 5.40 Å². The van der Waals surface area contributed by atoms with Gasteiger partial charge in [0.2, 0.25) is 0 Å². The number of thiol groups is 1. The Kier molecular flexibility index (Phi) is 7.67. The van der Waals surface area contributed by atoms with E-state index in [-0.39, 0.29) is 5.05 Å². The third-order valence-electron chi connectivity index (χ3n) is 1.48. The Balaban J connectivity index is 4.46. The van der Waals surface area contributed by atoms with Crippen molar-refractivity contribution in [3.63, 3.8) is 0 Å². The summed E-state index contributed by atoms with van der Waals surface area (Å²) in [6.07, 6.45) is 2.17. The summed E-state index contributed by atoms with van der Waals surface area (Å²) in [4.78, 5) is 0.505. The highest BCUT2D eigenvalue weighted by Crippen LogP contribution is 2.19. The summed E-state index contributed by atoms with van der Waals surface area (Å²) in [5.74, 6) is 0.908. The molecule has 0 radical (unpaired) electrons. The van der Waals surface area contributed by atoms with Crippen molar-refractivity contribution in [2.24, 2.45) is 5.73 Å². The number of aliphatic hydroxyl groups excluding tert-OH is 1. The average Bonchev–Trinajstić information content (AvgIpc) is 2.13. The zero-order chi connectivity index (χ0) is 11.0. The number of rotatable bonds is 5. The van der Waals surface area contributed by atoms with Crippen molar-refractivity contribution in [3.05, 3.63) is 10.6 Å².